The zero-order valence-corrected chi connectivity index (χ0v) is 18.3. The number of rotatable bonds is 5. The van der Waals surface area contributed by atoms with Gasteiger partial charge in [-0.05, 0) is 50.2 Å². The molecule has 0 saturated carbocycles. The number of benzene rings is 2. The molecule has 1 saturated heterocycles. The molecule has 2 heterocycles. The van der Waals surface area contributed by atoms with Crippen molar-refractivity contribution in [3.8, 4) is 11.5 Å². The van der Waals surface area contributed by atoms with E-state index in [1.165, 1.54) is 28.6 Å². The molecule has 0 aliphatic carbocycles. The first kappa shape index (κ1) is 21.4. The first-order valence-corrected chi connectivity index (χ1v) is 11.1. The number of anilines is 1. The standard InChI is InChI=1S/C20H19ClN4O5S/c1-20(2)11-29-12-25(20)31(27,28)14-9-7-13(8-10-14)17(26)22-19-24-23-18(30-19)15-5-3-4-6-16(15)21/h3-10H,11-12H2,1-2H3,(H,22,24,26). The highest BCUT2D eigenvalue weighted by Gasteiger charge is 2.42. The fourth-order valence-electron chi connectivity index (χ4n) is 3.11. The van der Waals surface area contributed by atoms with Gasteiger partial charge in [-0.25, -0.2) is 8.42 Å². The minimum Gasteiger partial charge on any atom is -0.403 e. The Kier molecular flexibility index (Phi) is 5.56. The van der Waals surface area contributed by atoms with Gasteiger partial charge in [-0.1, -0.05) is 28.8 Å². The molecule has 1 amide bonds. The van der Waals surface area contributed by atoms with E-state index in [1.807, 2.05) is 0 Å². The second-order valence-corrected chi connectivity index (χ2v) is 9.78. The first-order valence-electron chi connectivity index (χ1n) is 9.29. The summed E-state index contributed by atoms with van der Waals surface area (Å²) in [5.74, 6) is -0.360. The molecule has 0 atom stereocenters. The van der Waals surface area contributed by atoms with Gasteiger partial charge in [-0.15, -0.1) is 5.10 Å². The molecule has 1 aromatic heterocycles. The highest BCUT2D eigenvalue weighted by molar-refractivity contribution is 7.89. The number of hydrogen-bond donors (Lipinski definition) is 1. The minimum absolute atomic E-state index is 0.0114. The van der Waals surface area contributed by atoms with Gasteiger partial charge in [0.05, 0.1) is 27.6 Å². The summed E-state index contributed by atoms with van der Waals surface area (Å²) in [7, 11) is -3.76. The average molecular weight is 463 g/mol. The van der Waals surface area contributed by atoms with Crippen molar-refractivity contribution in [2.75, 3.05) is 18.7 Å². The SMILES string of the molecule is CC1(C)COCN1S(=O)(=O)c1ccc(C(=O)Nc2nnc(-c3ccccc3Cl)o2)cc1. The zero-order valence-electron chi connectivity index (χ0n) is 16.7. The first-order chi connectivity index (χ1) is 14.7. The molecule has 31 heavy (non-hydrogen) atoms. The average Bonchev–Trinajstić information content (AvgIpc) is 3.34. The fraction of sp³-hybridized carbons (Fsp3) is 0.250. The van der Waals surface area contributed by atoms with Crippen molar-refractivity contribution in [1.82, 2.24) is 14.5 Å². The van der Waals surface area contributed by atoms with Gasteiger partial charge in [-0.3, -0.25) is 10.1 Å². The summed E-state index contributed by atoms with van der Waals surface area (Å²) in [6, 6.07) is 12.4. The lowest BCUT2D eigenvalue weighted by Gasteiger charge is -2.28. The number of amides is 1. The maximum atomic E-state index is 12.9. The van der Waals surface area contributed by atoms with E-state index >= 15 is 0 Å². The number of carbonyl (C=O) groups excluding carboxylic acids is 1. The number of hydrogen-bond acceptors (Lipinski definition) is 7. The number of halogens is 1. The van der Waals surface area contributed by atoms with Gasteiger partial charge in [0.25, 0.3) is 11.8 Å². The van der Waals surface area contributed by atoms with Crippen molar-refractivity contribution >= 4 is 33.5 Å². The molecule has 0 unspecified atom stereocenters. The predicted octanol–water partition coefficient (Wildman–Crippen LogP) is 3.40. The molecule has 1 aliphatic heterocycles. The van der Waals surface area contributed by atoms with Crippen LogP contribution in [0.15, 0.2) is 57.8 Å². The molecular formula is C20H19ClN4O5S. The van der Waals surface area contributed by atoms with Crippen LogP contribution in [0.4, 0.5) is 6.01 Å². The van der Waals surface area contributed by atoms with Gasteiger partial charge in [-0.2, -0.15) is 4.31 Å². The van der Waals surface area contributed by atoms with Crippen molar-refractivity contribution < 1.29 is 22.4 Å². The number of nitrogens with one attached hydrogen (secondary N) is 1. The Bertz CT molecular complexity index is 1220. The number of ether oxygens (including phenoxy) is 1. The van der Waals surface area contributed by atoms with Gasteiger partial charge >= 0.3 is 6.01 Å². The molecule has 1 fully saturated rings. The van der Waals surface area contributed by atoms with Crippen LogP contribution in [-0.4, -0.2) is 47.7 Å². The van der Waals surface area contributed by atoms with Crippen LogP contribution in [0.25, 0.3) is 11.5 Å². The van der Waals surface area contributed by atoms with Crippen molar-refractivity contribution in [2.24, 2.45) is 0 Å². The van der Waals surface area contributed by atoms with Crippen LogP contribution in [0.5, 0.6) is 0 Å². The Morgan fingerprint density at radius 2 is 1.84 bits per heavy atom. The molecule has 0 spiro atoms. The topological polar surface area (TPSA) is 115 Å². The maximum Gasteiger partial charge on any atom is 0.322 e. The Morgan fingerprint density at radius 3 is 2.48 bits per heavy atom. The van der Waals surface area contributed by atoms with Gasteiger partial charge < -0.3 is 9.15 Å². The summed E-state index contributed by atoms with van der Waals surface area (Å²) in [5, 5.41) is 10.6. The Morgan fingerprint density at radius 1 is 1.13 bits per heavy atom. The lowest BCUT2D eigenvalue weighted by molar-refractivity contribution is 0.102. The van der Waals surface area contributed by atoms with Crippen LogP contribution < -0.4 is 5.32 Å². The zero-order chi connectivity index (χ0) is 22.2. The van der Waals surface area contributed by atoms with Crippen LogP contribution in [0.1, 0.15) is 24.2 Å². The molecule has 0 bridgehead atoms. The predicted molar refractivity (Wildman–Crippen MR) is 113 cm³/mol. The summed E-state index contributed by atoms with van der Waals surface area (Å²) in [4.78, 5) is 12.6. The number of carbonyl (C=O) groups is 1. The highest BCUT2D eigenvalue weighted by Crippen LogP contribution is 2.30. The third-order valence-electron chi connectivity index (χ3n) is 4.79. The minimum atomic E-state index is -3.76. The lowest BCUT2D eigenvalue weighted by Crippen LogP contribution is -2.44. The molecular weight excluding hydrogens is 444 g/mol. The largest absolute Gasteiger partial charge is 0.403 e. The van der Waals surface area contributed by atoms with Crippen LogP contribution in [0.2, 0.25) is 5.02 Å². The third-order valence-corrected chi connectivity index (χ3v) is 7.17. The third kappa shape index (κ3) is 4.19. The van der Waals surface area contributed by atoms with Gasteiger partial charge in [0.2, 0.25) is 10.0 Å². The monoisotopic (exact) mass is 462 g/mol. The van der Waals surface area contributed by atoms with Crippen molar-refractivity contribution in [3.05, 3.63) is 59.1 Å². The number of sulfonamides is 1. The molecule has 1 aliphatic rings. The summed E-state index contributed by atoms with van der Waals surface area (Å²) in [6.45, 7) is 3.89. The van der Waals surface area contributed by atoms with Crippen LogP contribution in [0.3, 0.4) is 0 Å². The molecule has 0 radical (unpaired) electrons. The van der Waals surface area contributed by atoms with Crippen LogP contribution >= 0.6 is 11.6 Å². The quantitative estimate of drug-likeness (QED) is 0.617. The van der Waals surface area contributed by atoms with E-state index in [2.05, 4.69) is 15.5 Å². The second kappa shape index (κ2) is 8.04. The van der Waals surface area contributed by atoms with E-state index in [4.69, 9.17) is 20.8 Å². The molecule has 1 N–H and O–H groups in total. The summed E-state index contributed by atoms with van der Waals surface area (Å²) in [5.41, 5.74) is 0.126. The van der Waals surface area contributed by atoms with E-state index in [1.54, 1.807) is 38.1 Å². The Hall–Kier alpha value is -2.79. The summed E-state index contributed by atoms with van der Waals surface area (Å²) >= 11 is 6.11. The van der Waals surface area contributed by atoms with E-state index in [-0.39, 0.29) is 29.1 Å². The van der Waals surface area contributed by atoms with Crippen molar-refractivity contribution in [2.45, 2.75) is 24.3 Å². The molecule has 3 aromatic rings. The van der Waals surface area contributed by atoms with Gasteiger partial charge in [0.15, 0.2) is 0 Å². The maximum absolute atomic E-state index is 12.9. The van der Waals surface area contributed by atoms with Crippen LogP contribution in [-0.2, 0) is 14.8 Å². The highest BCUT2D eigenvalue weighted by atomic mass is 35.5. The lowest BCUT2D eigenvalue weighted by atomic mass is 10.1. The van der Waals surface area contributed by atoms with E-state index < -0.39 is 21.5 Å². The number of nitrogens with zero attached hydrogens (tertiary/aromatic N) is 3. The molecule has 9 nitrogen and oxygen atoms in total. The number of aromatic nitrogens is 2. The van der Waals surface area contributed by atoms with E-state index in [9.17, 15) is 13.2 Å². The second-order valence-electron chi connectivity index (χ2n) is 7.51. The van der Waals surface area contributed by atoms with Gasteiger partial charge in [0.1, 0.15) is 6.73 Å². The molecule has 11 heteroatoms. The molecule has 2 aromatic carbocycles. The van der Waals surface area contributed by atoms with Gasteiger partial charge in [0, 0.05) is 5.56 Å². The summed E-state index contributed by atoms with van der Waals surface area (Å²) < 4.78 is 37.8. The Labute approximate surface area is 184 Å². The Balaban J connectivity index is 1.49. The van der Waals surface area contributed by atoms with E-state index in [0.29, 0.717) is 17.2 Å². The fourth-order valence-corrected chi connectivity index (χ4v) is 4.98. The van der Waals surface area contributed by atoms with Crippen LogP contribution in [0, 0.1) is 0 Å². The normalized spacial score (nSPS) is 16.4. The van der Waals surface area contributed by atoms with Crippen molar-refractivity contribution in [3.63, 3.8) is 0 Å². The smallest absolute Gasteiger partial charge is 0.322 e. The van der Waals surface area contributed by atoms with E-state index in [0.717, 1.165) is 0 Å². The van der Waals surface area contributed by atoms with Crippen molar-refractivity contribution in [1.29, 1.82) is 0 Å². The molecule has 162 valence electrons. The molecule has 4 rings (SSSR count). The summed E-state index contributed by atoms with van der Waals surface area (Å²) in [6.07, 6.45) is 0.